The van der Waals surface area contributed by atoms with E-state index in [0.29, 0.717) is 22.0 Å². The summed E-state index contributed by atoms with van der Waals surface area (Å²) in [4.78, 5) is 29.8. The van der Waals surface area contributed by atoms with Gasteiger partial charge in [-0.15, -0.1) is 0 Å². The van der Waals surface area contributed by atoms with Gasteiger partial charge in [-0.25, -0.2) is 5.21 Å². The number of nitrogens with zero attached hydrogens (tertiary/aromatic N) is 1. The third kappa shape index (κ3) is 3.62. The number of nitrogens with one attached hydrogen (secondary N) is 3. The molecule has 1 aliphatic heterocycles. The van der Waals surface area contributed by atoms with E-state index in [1.54, 1.807) is 30.5 Å². The number of H-pyrrole nitrogens is 1. The van der Waals surface area contributed by atoms with Crippen LogP contribution in [-0.4, -0.2) is 55.9 Å². The Kier molecular flexibility index (Phi) is 5.15. The van der Waals surface area contributed by atoms with Crippen LogP contribution in [0.1, 0.15) is 11.1 Å². The molecular weight excluding hydrogens is 404 g/mol. The first-order valence-electron chi connectivity index (χ1n) is 9.62. The summed E-state index contributed by atoms with van der Waals surface area (Å²) in [5, 5.41) is 43.7. The summed E-state index contributed by atoms with van der Waals surface area (Å²) in [7, 11) is 1.34. The molecule has 0 radical (unpaired) electrons. The number of hydrogen-bond donors (Lipinski definition) is 6. The van der Waals surface area contributed by atoms with Gasteiger partial charge in [-0.3, -0.25) is 9.59 Å². The molecule has 3 atom stereocenters. The fourth-order valence-corrected chi connectivity index (χ4v) is 4.01. The first-order valence-corrected chi connectivity index (χ1v) is 9.62. The van der Waals surface area contributed by atoms with Crippen LogP contribution in [-0.2, 0) is 22.4 Å². The maximum atomic E-state index is 13.0. The number of aromatic hydroxyl groups is 1. The van der Waals surface area contributed by atoms with Gasteiger partial charge in [-0.2, -0.15) is 5.23 Å². The Bertz CT molecular complexity index is 1160. The SMILES string of the molecule is CN1C(=O)[C@H](Cc2c[nH]c3cccc([NH+]([O-])O)c23)NC(=O)[C@]1(O)Cc1cccc(O)c1. The minimum absolute atomic E-state index is 0.0160. The Morgan fingerprint density at radius 3 is 2.68 bits per heavy atom. The van der Waals surface area contributed by atoms with Crippen molar-refractivity contribution in [3.05, 3.63) is 65.0 Å². The molecule has 0 saturated carbocycles. The molecule has 0 bridgehead atoms. The molecule has 2 aromatic carbocycles. The molecule has 6 N–H and O–H groups in total. The van der Waals surface area contributed by atoms with E-state index in [0.717, 1.165) is 4.90 Å². The van der Waals surface area contributed by atoms with Crippen molar-refractivity contribution in [2.75, 3.05) is 7.05 Å². The van der Waals surface area contributed by atoms with Crippen molar-refractivity contribution in [3.63, 3.8) is 0 Å². The molecule has 1 fully saturated rings. The van der Waals surface area contributed by atoms with Gasteiger partial charge in [0.1, 0.15) is 11.8 Å². The van der Waals surface area contributed by atoms with Crippen molar-refractivity contribution in [1.29, 1.82) is 0 Å². The van der Waals surface area contributed by atoms with Gasteiger partial charge in [0, 0.05) is 32.2 Å². The first kappa shape index (κ1) is 20.8. The Hall–Kier alpha value is -3.44. The minimum atomic E-state index is -2.12. The van der Waals surface area contributed by atoms with Crippen LogP contribution in [0.2, 0.25) is 0 Å². The minimum Gasteiger partial charge on any atom is -0.595 e. The van der Waals surface area contributed by atoms with E-state index >= 15 is 0 Å². The van der Waals surface area contributed by atoms with E-state index in [9.17, 15) is 30.2 Å². The molecule has 3 aromatic rings. The Morgan fingerprint density at radius 2 is 1.97 bits per heavy atom. The summed E-state index contributed by atoms with van der Waals surface area (Å²) in [6.07, 6.45) is 1.48. The Balaban J connectivity index is 1.60. The number of hydrogen-bond acceptors (Lipinski definition) is 6. The maximum absolute atomic E-state index is 13.0. The predicted octanol–water partition coefficient (Wildman–Crippen LogP) is -0.292. The average Bonchev–Trinajstić information content (AvgIpc) is 3.13. The van der Waals surface area contributed by atoms with E-state index < -0.39 is 28.8 Å². The molecule has 31 heavy (non-hydrogen) atoms. The molecule has 2 amide bonds. The van der Waals surface area contributed by atoms with Crippen molar-refractivity contribution < 1.29 is 30.2 Å². The van der Waals surface area contributed by atoms with Crippen molar-refractivity contribution in [2.45, 2.75) is 24.6 Å². The maximum Gasteiger partial charge on any atom is 0.274 e. The summed E-state index contributed by atoms with van der Waals surface area (Å²) in [6, 6.07) is 9.94. The van der Waals surface area contributed by atoms with Crippen LogP contribution in [0.25, 0.3) is 10.9 Å². The molecule has 1 saturated heterocycles. The number of phenols is 1. The third-order valence-corrected chi connectivity index (χ3v) is 5.66. The summed E-state index contributed by atoms with van der Waals surface area (Å²) in [5.41, 5.74) is -0.361. The van der Waals surface area contributed by atoms with Crippen molar-refractivity contribution in [1.82, 2.24) is 15.2 Å². The van der Waals surface area contributed by atoms with Crippen LogP contribution in [0, 0.1) is 5.21 Å². The van der Waals surface area contributed by atoms with Crippen molar-refractivity contribution in [3.8, 4) is 5.75 Å². The van der Waals surface area contributed by atoms with Gasteiger partial charge in [0.15, 0.2) is 5.69 Å². The largest absolute Gasteiger partial charge is 0.595 e. The van der Waals surface area contributed by atoms with Crippen molar-refractivity contribution >= 4 is 28.4 Å². The molecular formula is C21H22N4O6. The van der Waals surface area contributed by atoms with Gasteiger partial charge in [-0.05, 0) is 29.3 Å². The van der Waals surface area contributed by atoms with Crippen LogP contribution in [0.15, 0.2) is 48.7 Å². The fraction of sp³-hybridized carbons (Fsp3) is 0.238. The summed E-state index contributed by atoms with van der Waals surface area (Å²) >= 11 is 0. The molecule has 1 unspecified atom stereocenters. The number of phenolic OH excluding ortho intramolecular Hbond substituents is 1. The molecule has 0 aliphatic carbocycles. The van der Waals surface area contributed by atoms with Gasteiger partial charge >= 0.3 is 0 Å². The molecule has 2 heterocycles. The number of benzene rings is 2. The second-order valence-electron chi connectivity index (χ2n) is 7.64. The third-order valence-electron chi connectivity index (χ3n) is 5.66. The molecule has 0 spiro atoms. The number of aromatic amines is 1. The van der Waals surface area contributed by atoms with Gasteiger partial charge in [0.05, 0.1) is 10.9 Å². The standard InChI is InChI=1S/C21H22N4O6/c1-24-19(27)16(9-13-11-22-15-6-3-7-17(18(13)15)25(30)31)23-20(28)21(24,29)10-12-4-2-5-14(26)8-12/h2-8,11,16,22,25-26,29-30H,9-10H2,1H3,(H,23,28)/t16-,21+/m0/s1. The number of carbonyl (C=O) groups excluding carboxylic acids is 2. The van der Waals surface area contributed by atoms with Crippen LogP contribution in [0.4, 0.5) is 5.69 Å². The zero-order valence-electron chi connectivity index (χ0n) is 16.6. The summed E-state index contributed by atoms with van der Waals surface area (Å²) in [5.74, 6) is -1.27. The molecule has 10 heteroatoms. The Labute approximate surface area is 176 Å². The fourth-order valence-electron chi connectivity index (χ4n) is 4.01. The lowest BCUT2D eigenvalue weighted by molar-refractivity contribution is -0.990. The highest BCUT2D eigenvalue weighted by atomic mass is 16.8. The van der Waals surface area contributed by atoms with Crippen LogP contribution in [0.3, 0.4) is 0 Å². The number of likely N-dealkylation sites (N-methyl/N-ethyl adjacent to an activating group) is 1. The van der Waals surface area contributed by atoms with Gasteiger partial charge in [0.2, 0.25) is 11.6 Å². The number of fused-ring (bicyclic) bond motifs is 1. The highest BCUT2D eigenvalue weighted by Crippen LogP contribution is 2.28. The number of aliphatic hydroxyl groups is 1. The van der Waals surface area contributed by atoms with Crippen molar-refractivity contribution in [2.24, 2.45) is 0 Å². The lowest BCUT2D eigenvalue weighted by atomic mass is 9.94. The highest BCUT2D eigenvalue weighted by molar-refractivity contribution is 5.99. The number of carbonyl (C=O) groups is 2. The number of piperazine rings is 1. The lowest BCUT2D eigenvalue weighted by Gasteiger charge is -2.42. The molecule has 4 rings (SSSR count). The number of quaternary nitrogens is 1. The normalized spacial score (nSPS) is 22.6. The molecule has 1 aromatic heterocycles. The van der Waals surface area contributed by atoms with E-state index in [2.05, 4.69) is 10.3 Å². The van der Waals surface area contributed by atoms with E-state index in [1.165, 1.54) is 25.2 Å². The summed E-state index contributed by atoms with van der Waals surface area (Å²) < 4.78 is 0. The van der Waals surface area contributed by atoms with Crippen LogP contribution >= 0.6 is 0 Å². The van der Waals surface area contributed by atoms with E-state index in [-0.39, 0.29) is 24.3 Å². The van der Waals surface area contributed by atoms with Crippen LogP contribution < -0.4 is 10.5 Å². The quantitative estimate of drug-likeness (QED) is 0.308. The number of amides is 2. The molecule has 1 aliphatic rings. The Morgan fingerprint density at radius 1 is 1.23 bits per heavy atom. The van der Waals surface area contributed by atoms with Gasteiger partial charge < -0.3 is 30.6 Å². The zero-order chi connectivity index (χ0) is 22.3. The van der Waals surface area contributed by atoms with Gasteiger partial charge in [0.25, 0.3) is 5.91 Å². The van der Waals surface area contributed by atoms with Crippen LogP contribution in [0.5, 0.6) is 5.75 Å². The number of rotatable bonds is 5. The second kappa shape index (κ2) is 7.67. The first-order chi connectivity index (χ1) is 14.7. The molecule has 162 valence electrons. The van der Waals surface area contributed by atoms with E-state index in [4.69, 9.17) is 0 Å². The number of aromatic nitrogens is 1. The predicted molar refractivity (Wildman–Crippen MR) is 109 cm³/mol. The highest BCUT2D eigenvalue weighted by Gasteiger charge is 2.50. The van der Waals surface area contributed by atoms with Gasteiger partial charge in [-0.1, -0.05) is 18.2 Å². The monoisotopic (exact) mass is 426 g/mol. The zero-order valence-corrected chi connectivity index (χ0v) is 16.6. The van der Waals surface area contributed by atoms with E-state index in [1.807, 2.05) is 0 Å². The molecule has 10 nitrogen and oxygen atoms in total. The smallest absolute Gasteiger partial charge is 0.274 e. The lowest BCUT2D eigenvalue weighted by Crippen LogP contribution is -2.99. The topological polar surface area (TPSA) is 153 Å². The average molecular weight is 426 g/mol. The summed E-state index contributed by atoms with van der Waals surface area (Å²) in [6.45, 7) is 0. The second-order valence-corrected chi connectivity index (χ2v) is 7.64.